The number of carbonyl (C=O) groups is 1. The molecule has 1 heterocycles. The number of hydrogen-bond donors (Lipinski definition) is 3. The molecule has 1 unspecified atom stereocenters. The first-order chi connectivity index (χ1) is 18.5. The number of alkyl halides is 3. The summed E-state index contributed by atoms with van der Waals surface area (Å²) >= 11 is 0. The zero-order valence-corrected chi connectivity index (χ0v) is 20.4. The number of benzene rings is 3. The molecule has 1 aromatic heterocycles. The van der Waals surface area contributed by atoms with E-state index in [1.165, 1.54) is 48.5 Å². The van der Waals surface area contributed by atoms with Crippen molar-refractivity contribution in [3.8, 4) is 28.3 Å². The van der Waals surface area contributed by atoms with Crippen LogP contribution < -0.4 is 16.2 Å². The van der Waals surface area contributed by atoms with Crippen LogP contribution in [0, 0.1) is 5.82 Å². The molecular formula is C28H24F4N4O3. The number of ether oxygens (including phenoxy) is 1. The summed E-state index contributed by atoms with van der Waals surface area (Å²) in [5, 5.41) is 9.33. The van der Waals surface area contributed by atoms with E-state index in [9.17, 15) is 27.5 Å². The molecule has 0 bridgehead atoms. The first-order valence-corrected chi connectivity index (χ1v) is 11.7. The van der Waals surface area contributed by atoms with E-state index >= 15 is 0 Å². The van der Waals surface area contributed by atoms with Gasteiger partial charge in [-0.05, 0) is 35.2 Å². The van der Waals surface area contributed by atoms with E-state index in [-0.39, 0.29) is 29.5 Å². The fourth-order valence-corrected chi connectivity index (χ4v) is 3.92. The fourth-order valence-electron chi connectivity index (χ4n) is 3.92. The lowest BCUT2D eigenvalue weighted by Gasteiger charge is -2.22. The van der Waals surface area contributed by atoms with E-state index in [2.05, 4.69) is 9.97 Å². The zero-order valence-electron chi connectivity index (χ0n) is 20.4. The maximum atomic E-state index is 14.0. The van der Waals surface area contributed by atoms with Gasteiger partial charge in [0.15, 0.2) is 0 Å². The summed E-state index contributed by atoms with van der Waals surface area (Å²) < 4.78 is 60.9. The second-order valence-electron chi connectivity index (χ2n) is 9.00. The molecule has 4 rings (SSSR count). The van der Waals surface area contributed by atoms with Crippen molar-refractivity contribution < 1.29 is 32.2 Å². The van der Waals surface area contributed by atoms with Gasteiger partial charge in [0.05, 0.1) is 17.8 Å². The number of nitrogens with two attached hydrogens (primary N) is 2. The quantitative estimate of drug-likeness (QED) is 0.209. The summed E-state index contributed by atoms with van der Waals surface area (Å²) in [4.78, 5) is 19.1. The maximum absolute atomic E-state index is 14.0. The Bertz CT molecular complexity index is 1450. The van der Waals surface area contributed by atoms with Gasteiger partial charge in [-0.2, -0.15) is 18.2 Å². The molecule has 0 spiro atoms. The van der Waals surface area contributed by atoms with Crippen molar-refractivity contribution >= 4 is 12.2 Å². The Hall–Kier alpha value is -4.35. The number of hydrogen-bond acceptors (Lipinski definition) is 7. The second-order valence-corrected chi connectivity index (χ2v) is 9.00. The third-order valence-electron chi connectivity index (χ3n) is 5.94. The first kappa shape index (κ1) is 27.7. The Morgan fingerprint density at radius 3 is 2.18 bits per heavy atom. The number of nitrogens with zero attached hydrogens (tertiary/aromatic N) is 2. The summed E-state index contributed by atoms with van der Waals surface area (Å²) in [6.07, 6.45) is -6.59. The van der Waals surface area contributed by atoms with Gasteiger partial charge >= 0.3 is 6.18 Å². The van der Waals surface area contributed by atoms with Crippen molar-refractivity contribution in [2.24, 2.45) is 5.73 Å². The van der Waals surface area contributed by atoms with Crippen LogP contribution in [0.4, 0.5) is 23.5 Å². The van der Waals surface area contributed by atoms with Gasteiger partial charge in [-0.25, -0.2) is 9.37 Å². The fraction of sp³-hybridized carbons (Fsp3) is 0.179. The van der Waals surface area contributed by atoms with Crippen LogP contribution in [0.15, 0.2) is 78.9 Å². The number of aliphatic hydroxyl groups excluding tert-OH is 1. The molecule has 11 heteroatoms. The molecule has 5 N–H and O–H groups in total. The molecule has 0 radical (unpaired) electrons. The molecule has 0 aliphatic heterocycles. The lowest BCUT2D eigenvalue weighted by molar-refractivity contribution is -0.198. The highest BCUT2D eigenvalue weighted by Crippen LogP contribution is 2.38. The van der Waals surface area contributed by atoms with Gasteiger partial charge in [-0.15, -0.1) is 0 Å². The molecule has 3 aromatic carbocycles. The minimum absolute atomic E-state index is 0.0822. The summed E-state index contributed by atoms with van der Waals surface area (Å²) in [5.74, 6) is -1.14. The Labute approximate surface area is 221 Å². The van der Waals surface area contributed by atoms with E-state index < -0.39 is 30.2 Å². The van der Waals surface area contributed by atoms with Crippen LogP contribution in [0.25, 0.3) is 22.4 Å². The van der Waals surface area contributed by atoms with E-state index in [0.717, 1.165) is 0 Å². The molecule has 0 aliphatic rings. The standard InChI is InChI=1S/C28H24F4N4O3/c29-22-3-1-2-21(12-22)18-8-10-20(11-9-18)25(28(30,31)32)39-24-13-23(35-26(33)36-24)19-6-4-17(5-7-19)14-27(34,15-37)16-38/h1-13,15,25,38H,14,16,34H2,(H2,33,35,36)/t25-,27?/m1/s1. The Morgan fingerprint density at radius 1 is 0.923 bits per heavy atom. The highest BCUT2D eigenvalue weighted by Gasteiger charge is 2.43. The molecule has 7 nitrogen and oxygen atoms in total. The summed E-state index contributed by atoms with van der Waals surface area (Å²) in [7, 11) is 0. The normalized spacial score (nSPS) is 13.9. The van der Waals surface area contributed by atoms with E-state index in [0.29, 0.717) is 28.5 Å². The van der Waals surface area contributed by atoms with Gasteiger partial charge in [-0.1, -0.05) is 60.7 Å². The highest BCUT2D eigenvalue weighted by molar-refractivity contribution is 5.66. The van der Waals surface area contributed by atoms with Crippen molar-refractivity contribution in [3.05, 3.63) is 95.8 Å². The van der Waals surface area contributed by atoms with Crippen molar-refractivity contribution in [1.82, 2.24) is 9.97 Å². The van der Waals surface area contributed by atoms with Crippen LogP contribution in [0.2, 0.25) is 0 Å². The molecule has 0 fully saturated rings. The molecule has 39 heavy (non-hydrogen) atoms. The van der Waals surface area contributed by atoms with Gasteiger partial charge in [0, 0.05) is 17.2 Å². The van der Waals surface area contributed by atoms with Crippen molar-refractivity contribution in [2.45, 2.75) is 24.2 Å². The highest BCUT2D eigenvalue weighted by atomic mass is 19.4. The van der Waals surface area contributed by atoms with Gasteiger partial charge < -0.3 is 26.1 Å². The first-order valence-electron chi connectivity index (χ1n) is 11.7. The molecule has 2 atom stereocenters. The van der Waals surface area contributed by atoms with Crippen LogP contribution in [0.3, 0.4) is 0 Å². The average molecular weight is 541 g/mol. The number of carbonyl (C=O) groups excluding carboxylic acids is 1. The molecular weight excluding hydrogens is 516 g/mol. The van der Waals surface area contributed by atoms with E-state index in [4.69, 9.17) is 16.2 Å². The van der Waals surface area contributed by atoms with Gasteiger partial charge in [-0.3, -0.25) is 0 Å². The third-order valence-corrected chi connectivity index (χ3v) is 5.94. The molecule has 0 saturated carbocycles. The van der Waals surface area contributed by atoms with Crippen LogP contribution in [0.1, 0.15) is 17.2 Å². The molecule has 0 aliphatic carbocycles. The van der Waals surface area contributed by atoms with Gasteiger partial charge in [0.1, 0.15) is 12.1 Å². The molecule has 4 aromatic rings. The summed E-state index contributed by atoms with van der Waals surface area (Å²) in [6.45, 7) is -0.532. The van der Waals surface area contributed by atoms with Crippen molar-refractivity contribution in [1.29, 1.82) is 0 Å². The van der Waals surface area contributed by atoms with E-state index in [1.807, 2.05) is 0 Å². The number of nitrogen functional groups attached to an aromatic ring is 1. The Morgan fingerprint density at radius 2 is 1.59 bits per heavy atom. The van der Waals surface area contributed by atoms with Crippen LogP contribution in [-0.2, 0) is 11.2 Å². The minimum atomic E-state index is -4.79. The van der Waals surface area contributed by atoms with Crippen molar-refractivity contribution in [3.63, 3.8) is 0 Å². The SMILES string of the molecule is Nc1nc(O[C@H](c2ccc(-c3cccc(F)c3)cc2)C(F)(F)F)cc(-c2ccc(CC(N)(C=O)CO)cc2)n1. The topological polar surface area (TPSA) is 124 Å². The predicted molar refractivity (Wildman–Crippen MR) is 137 cm³/mol. The minimum Gasteiger partial charge on any atom is -0.460 e. The summed E-state index contributed by atoms with van der Waals surface area (Å²) in [5.41, 5.74) is 12.4. The van der Waals surface area contributed by atoms with Gasteiger partial charge in [0.2, 0.25) is 17.9 Å². The van der Waals surface area contributed by atoms with Crippen LogP contribution >= 0.6 is 0 Å². The number of aromatic nitrogens is 2. The number of halogens is 4. The third kappa shape index (κ3) is 6.75. The smallest absolute Gasteiger partial charge is 0.429 e. The maximum Gasteiger partial charge on any atom is 0.429 e. The lowest BCUT2D eigenvalue weighted by Crippen LogP contribution is -2.47. The number of aldehydes is 1. The molecule has 202 valence electrons. The predicted octanol–water partition coefficient (Wildman–Crippen LogP) is 4.65. The number of aliphatic hydroxyl groups is 1. The summed E-state index contributed by atoms with van der Waals surface area (Å²) in [6, 6.07) is 18.9. The Balaban J connectivity index is 1.59. The van der Waals surface area contributed by atoms with Gasteiger partial charge in [0.25, 0.3) is 0 Å². The van der Waals surface area contributed by atoms with Crippen LogP contribution in [0.5, 0.6) is 5.88 Å². The number of rotatable bonds is 9. The van der Waals surface area contributed by atoms with E-state index in [1.54, 1.807) is 30.3 Å². The monoisotopic (exact) mass is 540 g/mol. The van der Waals surface area contributed by atoms with Crippen molar-refractivity contribution in [2.75, 3.05) is 12.3 Å². The molecule has 0 saturated heterocycles. The molecule has 0 amide bonds. The average Bonchev–Trinajstić information content (AvgIpc) is 2.91. The number of anilines is 1. The van der Waals surface area contributed by atoms with Crippen LogP contribution in [-0.4, -0.2) is 39.7 Å². The lowest BCUT2D eigenvalue weighted by atomic mass is 9.93. The largest absolute Gasteiger partial charge is 0.460 e. The second kappa shape index (κ2) is 11.2. The Kier molecular flexibility index (Phi) is 7.93. The zero-order chi connectivity index (χ0) is 28.2.